The molecule has 2 aliphatic heterocycles. The van der Waals surface area contributed by atoms with Gasteiger partial charge in [0.05, 0.1) is 17.1 Å². The molecule has 2 aromatic carbocycles. The molecule has 20 heavy (non-hydrogen) atoms. The number of para-hydroxylation sites is 4. The van der Waals surface area contributed by atoms with Gasteiger partial charge in [-0.25, -0.2) is 0 Å². The van der Waals surface area contributed by atoms with Crippen LogP contribution in [0.4, 0.5) is 17.1 Å². The number of benzene rings is 2. The van der Waals surface area contributed by atoms with E-state index in [1.54, 1.807) is 0 Å². The van der Waals surface area contributed by atoms with Crippen LogP contribution in [0.3, 0.4) is 0 Å². The van der Waals surface area contributed by atoms with Gasteiger partial charge in [-0.2, -0.15) is 0 Å². The number of anilines is 3. The Balaban J connectivity index is 1.99. The summed E-state index contributed by atoms with van der Waals surface area (Å²) < 4.78 is 6.25. The van der Waals surface area contributed by atoms with Crippen LogP contribution < -0.4 is 14.5 Å². The van der Waals surface area contributed by atoms with E-state index in [-0.39, 0.29) is 11.8 Å². The minimum Gasteiger partial charge on any atom is -0.482 e. The molecule has 102 valence electrons. The summed E-state index contributed by atoms with van der Waals surface area (Å²) in [6.45, 7) is 4.31. The Morgan fingerprint density at radius 1 is 0.900 bits per heavy atom. The summed E-state index contributed by atoms with van der Waals surface area (Å²) in [5, 5.41) is 0. The summed E-state index contributed by atoms with van der Waals surface area (Å²) in [6, 6.07) is 16.8. The van der Waals surface area contributed by atoms with Crippen LogP contribution in [-0.4, -0.2) is 18.8 Å². The zero-order valence-electron chi connectivity index (χ0n) is 12.0. The van der Waals surface area contributed by atoms with Crippen LogP contribution in [0.1, 0.15) is 13.8 Å². The standard InChI is InChI=1S/C17H18N2O/c1-17(2)16-18(3)12-8-4-5-9-13(12)19(16)14-10-6-7-11-15(14)20-17/h4-11,16H,1-3H3. The summed E-state index contributed by atoms with van der Waals surface area (Å²) in [5.41, 5.74) is 3.38. The highest BCUT2D eigenvalue weighted by Crippen LogP contribution is 2.52. The summed E-state index contributed by atoms with van der Waals surface area (Å²) >= 11 is 0. The average Bonchev–Trinajstić information content (AvgIpc) is 2.74. The Labute approximate surface area is 119 Å². The zero-order valence-corrected chi connectivity index (χ0v) is 12.0. The molecule has 0 saturated carbocycles. The van der Waals surface area contributed by atoms with Crippen molar-refractivity contribution in [2.24, 2.45) is 0 Å². The van der Waals surface area contributed by atoms with Crippen molar-refractivity contribution in [3.05, 3.63) is 48.5 Å². The van der Waals surface area contributed by atoms with Crippen LogP contribution in [0.25, 0.3) is 0 Å². The van der Waals surface area contributed by atoms with Gasteiger partial charge in [-0.05, 0) is 38.1 Å². The van der Waals surface area contributed by atoms with E-state index in [1.807, 2.05) is 12.1 Å². The van der Waals surface area contributed by atoms with E-state index in [0.29, 0.717) is 0 Å². The maximum absolute atomic E-state index is 6.25. The molecule has 3 nitrogen and oxygen atoms in total. The number of hydrogen-bond acceptors (Lipinski definition) is 3. The number of likely N-dealkylation sites (N-methyl/N-ethyl adjacent to an activating group) is 1. The first-order chi connectivity index (χ1) is 9.59. The van der Waals surface area contributed by atoms with Crippen molar-refractivity contribution in [2.45, 2.75) is 25.6 Å². The molecule has 4 rings (SSSR count). The van der Waals surface area contributed by atoms with Crippen LogP contribution in [0, 0.1) is 0 Å². The molecule has 0 amide bonds. The molecule has 0 N–H and O–H groups in total. The molecule has 1 unspecified atom stereocenters. The number of ether oxygens (including phenoxy) is 1. The highest BCUT2D eigenvalue weighted by molar-refractivity contribution is 5.86. The largest absolute Gasteiger partial charge is 0.482 e. The highest BCUT2D eigenvalue weighted by atomic mass is 16.5. The quantitative estimate of drug-likeness (QED) is 0.722. The van der Waals surface area contributed by atoms with Gasteiger partial charge in [-0.3, -0.25) is 0 Å². The molecule has 2 aromatic rings. The molecule has 0 fully saturated rings. The lowest BCUT2D eigenvalue weighted by Gasteiger charge is -2.46. The Bertz CT molecular complexity index is 680. The Kier molecular flexibility index (Phi) is 2.15. The van der Waals surface area contributed by atoms with E-state index < -0.39 is 0 Å². The third-order valence-corrected chi connectivity index (χ3v) is 4.25. The van der Waals surface area contributed by atoms with Crippen molar-refractivity contribution >= 4 is 17.1 Å². The van der Waals surface area contributed by atoms with Crippen molar-refractivity contribution in [3.8, 4) is 5.75 Å². The normalized spacial score (nSPS) is 21.9. The molecular formula is C17H18N2O. The fourth-order valence-corrected chi connectivity index (χ4v) is 3.52. The smallest absolute Gasteiger partial charge is 0.146 e. The minimum atomic E-state index is -0.276. The summed E-state index contributed by atoms with van der Waals surface area (Å²) in [5.74, 6) is 0.957. The minimum absolute atomic E-state index is 0.176. The number of rotatable bonds is 0. The molecule has 0 aromatic heterocycles. The first-order valence-corrected chi connectivity index (χ1v) is 6.99. The van der Waals surface area contributed by atoms with Crippen LogP contribution in [0.5, 0.6) is 5.75 Å². The Morgan fingerprint density at radius 2 is 1.50 bits per heavy atom. The van der Waals surface area contributed by atoms with Crippen molar-refractivity contribution in [1.29, 1.82) is 0 Å². The van der Waals surface area contributed by atoms with Gasteiger partial charge in [0, 0.05) is 7.05 Å². The summed E-state index contributed by atoms with van der Waals surface area (Å²) in [7, 11) is 2.14. The van der Waals surface area contributed by atoms with E-state index in [9.17, 15) is 0 Å². The monoisotopic (exact) mass is 266 g/mol. The van der Waals surface area contributed by atoms with Crippen molar-refractivity contribution < 1.29 is 4.74 Å². The zero-order chi connectivity index (χ0) is 13.9. The molecule has 0 bridgehead atoms. The third-order valence-electron chi connectivity index (χ3n) is 4.25. The topological polar surface area (TPSA) is 15.7 Å². The van der Waals surface area contributed by atoms with Crippen LogP contribution >= 0.6 is 0 Å². The van der Waals surface area contributed by atoms with Crippen molar-refractivity contribution in [1.82, 2.24) is 0 Å². The lowest BCUT2D eigenvalue weighted by Crippen LogP contribution is -2.58. The van der Waals surface area contributed by atoms with E-state index in [0.717, 1.165) is 11.4 Å². The molecule has 0 aliphatic carbocycles. The molecule has 0 radical (unpaired) electrons. The van der Waals surface area contributed by atoms with Gasteiger partial charge >= 0.3 is 0 Å². The summed E-state index contributed by atoms with van der Waals surface area (Å²) in [4.78, 5) is 4.71. The maximum atomic E-state index is 6.25. The Hall–Kier alpha value is -2.16. The first kappa shape index (κ1) is 11.6. The first-order valence-electron chi connectivity index (χ1n) is 6.99. The predicted octanol–water partition coefficient (Wildman–Crippen LogP) is 3.77. The maximum Gasteiger partial charge on any atom is 0.146 e. The van der Waals surface area contributed by atoms with Crippen molar-refractivity contribution in [2.75, 3.05) is 16.8 Å². The molecule has 3 heteroatoms. The molecule has 1 atom stereocenters. The van der Waals surface area contributed by atoms with Gasteiger partial charge in [0.1, 0.15) is 17.5 Å². The average molecular weight is 266 g/mol. The SMILES string of the molecule is CN1c2ccccc2N2c3ccccc3OC(C)(C)C12. The molecule has 2 aliphatic rings. The second kappa shape index (κ2) is 3.69. The second-order valence-corrected chi connectivity index (χ2v) is 6.02. The lowest BCUT2D eigenvalue weighted by atomic mass is 10.0. The predicted molar refractivity (Wildman–Crippen MR) is 81.9 cm³/mol. The van der Waals surface area contributed by atoms with Gasteiger partial charge in [-0.15, -0.1) is 0 Å². The van der Waals surface area contributed by atoms with Crippen LogP contribution in [0.2, 0.25) is 0 Å². The number of hydrogen-bond donors (Lipinski definition) is 0. The Morgan fingerprint density at radius 3 is 2.25 bits per heavy atom. The van der Waals surface area contributed by atoms with Gasteiger partial charge in [0.25, 0.3) is 0 Å². The van der Waals surface area contributed by atoms with Gasteiger partial charge < -0.3 is 14.5 Å². The molecular weight excluding hydrogens is 248 g/mol. The van der Waals surface area contributed by atoms with E-state index in [4.69, 9.17) is 4.74 Å². The van der Waals surface area contributed by atoms with E-state index >= 15 is 0 Å². The fraction of sp³-hybridized carbons (Fsp3) is 0.294. The van der Waals surface area contributed by atoms with E-state index in [1.165, 1.54) is 11.4 Å². The fourth-order valence-electron chi connectivity index (χ4n) is 3.52. The van der Waals surface area contributed by atoms with Gasteiger partial charge in [-0.1, -0.05) is 24.3 Å². The van der Waals surface area contributed by atoms with Crippen LogP contribution in [0.15, 0.2) is 48.5 Å². The highest BCUT2D eigenvalue weighted by Gasteiger charge is 2.49. The molecule has 0 spiro atoms. The lowest BCUT2D eigenvalue weighted by molar-refractivity contribution is 0.0716. The van der Waals surface area contributed by atoms with Gasteiger partial charge in [0.2, 0.25) is 0 Å². The number of nitrogens with zero attached hydrogens (tertiary/aromatic N) is 2. The third kappa shape index (κ3) is 1.35. The molecule has 2 heterocycles. The molecule has 0 saturated heterocycles. The summed E-state index contributed by atoms with van der Waals surface area (Å²) in [6.07, 6.45) is 0.176. The van der Waals surface area contributed by atoms with Crippen molar-refractivity contribution in [3.63, 3.8) is 0 Å². The van der Waals surface area contributed by atoms with E-state index in [2.05, 4.69) is 67.1 Å². The number of fused-ring (bicyclic) bond motifs is 5. The van der Waals surface area contributed by atoms with Crippen LogP contribution in [-0.2, 0) is 0 Å². The van der Waals surface area contributed by atoms with Gasteiger partial charge in [0.15, 0.2) is 0 Å². The second-order valence-electron chi connectivity index (χ2n) is 6.02.